The normalized spacial score (nSPS) is 13.2. The minimum Gasteiger partial charge on any atom is -0.478 e. The van der Waals surface area contributed by atoms with E-state index in [2.05, 4.69) is 20.6 Å². The zero-order valence-electron chi connectivity index (χ0n) is 16.3. The van der Waals surface area contributed by atoms with Crippen LogP contribution in [0, 0.1) is 11.6 Å². The van der Waals surface area contributed by atoms with Gasteiger partial charge >= 0.3 is 6.18 Å². The number of nitrogens with zero attached hydrogens (tertiary/aromatic N) is 1. The Hall–Kier alpha value is -3.87. The molecule has 32 heavy (non-hydrogen) atoms. The highest BCUT2D eigenvalue weighted by Gasteiger charge is 2.38. The first kappa shape index (κ1) is 22.8. The van der Waals surface area contributed by atoms with E-state index < -0.39 is 35.6 Å². The summed E-state index contributed by atoms with van der Waals surface area (Å²) in [7, 11) is 0. The fraction of sp³-hybridized carbons (Fsp3) is 0.158. The molecular formula is C19H16F5N5O3. The van der Waals surface area contributed by atoms with E-state index in [0.717, 1.165) is 37.5 Å². The highest BCUT2D eigenvalue weighted by molar-refractivity contribution is 6.13. The molecular weight excluding hydrogens is 441 g/mol. The Labute approximate surface area is 177 Å². The summed E-state index contributed by atoms with van der Waals surface area (Å²) in [5.74, 6) is 6.85. The molecule has 1 aromatic heterocycles. The lowest BCUT2D eigenvalue weighted by Gasteiger charge is -2.18. The van der Waals surface area contributed by atoms with Crippen LogP contribution in [0.2, 0.25) is 0 Å². The Morgan fingerprint density at radius 3 is 2.47 bits per heavy atom. The summed E-state index contributed by atoms with van der Waals surface area (Å²) in [4.78, 5) is 12.6. The molecule has 0 saturated heterocycles. The van der Waals surface area contributed by atoms with Crippen molar-refractivity contribution in [3.8, 4) is 5.75 Å². The van der Waals surface area contributed by atoms with Crippen molar-refractivity contribution < 1.29 is 35.9 Å². The maximum Gasteiger partial charge on any atom is 0.425 e. The number of alkyl halides is 3. The van der Waals surface area contributed by atoms with Gasteiger partial charge in [-0.1, -0.05) is 0 Å². The average molecular weight is 457 g/mol. The van der Waals surface area contributed by atoms with Gasteiger partial charge in [0.25, 0.3) is 5.91 Å². The second kappa shape index (κ2) is 8.70. The number of rotatable bonds is 5. The van der Waals surface area contributed by atoms with Gasteiger partial charge in [0.2, 0.25) is 0 Å². The molecule has 1 amide bonds. The van der Waals surface area contributed by atoms with Crippen LogP contribution < -0.4 is 27.2 Å². The molecule has 0 aliphatic heterocycles. The van der Waals surface area contributed by atoms with Gasteiger partial charge in [-0.25, -0.2) is 14.6 Å². The monoisotopic (exact) mass is 457 g/mol. The van der Waals surface area contributed by atoms with E-state index in [9.17, 15) is 26.7 Å². The number of halogens is 5. The molecule has 0 fully saturated rings. The first-order chi connectivity index (χ1) is 15.0. The maximum atomic E-state index is 14.4. The Kier molecular flexibility index (Phi) is 6.20. The van der Waals surface area contributed by atoms with E-state index >= 15 is 0 Å². The van der Waals surface area contributed by atoms with E-state index in [4.69, 9.17) is 16.1 Å². The molecule has 0 radical (unpaired) electrons. The number of fused-ring (bicyclic) bond motifs is 1. The van der Waals surface area contributed by atoms with Crippen LogP contribution in [0.1, 0.15) is 22.8 Å². The van der Waals surface area contributed by atoms with Crippen molar-refractivity contribution in [2.45, 2.75) is 19.2 Å². The molecule has 1 heterocycles. The smallest absolute Gasteiger partial charge is 0.425 e. The third kappa shape index (κ3) is 4.56. The van der Waals surface area contributed by atoms with Crippen molar-refractivity contribution in [2.75, 3.05) is 5.32 Å². The predicted octanol–water partition coefficient (Wildman–Crippen LogP) is 3.38. The van der Waals surface area contributed by atoms with Gasteiger partial charge < -0.3 is 25.7 Å². The molecule has 3 aromatic rings. The predicted molar refractivity (Wildman–Crippen MR) is 105 cm³/mol. The molecule has 1 atom stereocenters. The van der Waals surface area contributed by atoms with Crippen molar-refractivity contribution in [1.29, 1.82) is 0 Å². The number of carbonyl (C=O) groups excluding carboxylic acids is 1. The first-order valence-corrected chi connectivity index (χ1v) is 8.85. The SMILES string of the molecule is CC(Oc1ccc(NC(=O)c2coc3cc(/C(=N/N)NN)c(F)cc23)cc1F)C(F)(F)F. The molecule has 13 heteroatoms. The third-order valence-corrected chi connectivity index (χ3v) is 4.38. The van der Waals surface area contributed by atoms with Crippen LogP contribution in [-0.2, 0) is 0 Å². The molecule has 0 saturated carbocycles. The number of amides is 1. The summed E-state index contributed by atoms with van der Waals surface area (Å²) in [6, 6.07) is 5.11. The Morgan fingerprint density at radius 1 is 1.16 bits per heavy atom. The van der Waals surface area contributed by atoms with E-state index in [-0.39, 0.29) is 33.6 Å². The molecule has 0 aliphatic rings. The van der Waals surface area contributed by atoms with Gasteiger partial charge in [-0.2, -0.15) is 18.3 Å². The summed E-state index contributed by atoms with van der Waals surface area (Å²) in [6.45, 7) is 0.732. The highest BCUT2D eigenvalue weighted by Crippen LogP contribution is 2.29. The van der Waals surface area contributed by atoms with Gasteiger partial charge in [0.1, 0.15) is 17.7 Å². The summed E-state index contributed by atoms with van der Waals surface area (Å²) in [5.41, 5.74) is 1.98. The second-order valence-corrected chi connectivity index (χ2v) is 6.50. The molecule has 0 bridgehead atoms. The first-order valence-electron chi connectivity index (χ1n) is 8.85. The van der Waals surface area contributed by atoms with Crippen LogP contribution in [0.4, 0.5) is 27.6 Å². The average Bonchev–Trinajstić information content (AvgIpc) is 3.13. The molecule has 170 valence electrons. The second-order valence-electron chi connectivity index (χ2n) is 6.50. The third-order valence-electron chi connectivity index (χ3n) is 4.38. The molecule has 0 spiro atoms. The molecule has 8 nitrogen and oxygen atoms in total. The summed E-state index contributed by atoms with van der Waals surface area (Å²) >= 11 is 0. The van der Waals surface area contributed by atoms with Gasteiger partial charge in [0.05, 0.1) is 11.1 Å². The zero-order valence-corrected chi connectivity index (χ0v) is 16.3. The van der Waals surface area contributed by atoms with E-state index in [1.54, 1.807) is 0 Å². The van der Waals surface area contributed by atoms with Crippen molar-refractivity contribution >= 4 is 28.4 Å². The van der Waals surface area contributed by atoms with Crippen LogP contribution in [0.5, 0.6) is 5.75 Å². The fourth-order valence-corrected chi connectivity index (χ4v) is 2.72. The van der Waals surface area contributed by atoms with Crippen molar-refractivity contribution in [2.24, 2.45) is 16.8 Å². The van der Waals surface area contributed by atoms with E-state index in [0.29, 0.717) is 0 Å². The molecule has 0 aliphatic carbocycles. The fourth-order valence-electron chi connectivity index (χ4n) is 2.72. The number of nitrogens with two attached hydrogens (primary N) is 2. The van der Waals surface area contributed by atoms with Crippen LogP contribution in [0.15, 0.2) is 46.1 Å². The Bertz CT molecular complexity index is 1190. The van der Waals surface area contributed by atoms with Crippen molar-refractivity contribution in [3.05, 3.63) is 59.4 Å². The van der Waals surface area contributed by atoms with Gasteiger partial charge in [-0.05, 0) is 31.2 Å². The van der Waals surface area contributed by atoms with Crippen LogP contribution in [0.25, 0.3) is 11.0 Å². The maximum absolute atomic E-state index is 14.4. The van der Waals surface area contributed by atoms with Gasteiger partial charge in [-0.15, -0.1) is 0 Å². The van der Waals surface area contributed by atoms with Crippen LogP contribution in [-0.4, -0.2) is 24.0 Å². The summed E-state index contributed by atoms with van der Waals surface area (Å²) in [5, 5.41) is 5.75. The van der Waals surface area contributed by atoms with Crippen molar-refractivity contribution in [1.82, 2.24) is 5.43 Å². The number of anilines is 1. The number of carbonyl (C=O) groups is 1. The molecule has 3 rings (SSSR count). The number of ether oxygens (including phenoxy) is 1. The number of hydrogen-bond acceptors (Lipinski definition) is 6. The lowest BCUT2D eigenvalue weighted by molar-refractivity contribution is -0.189. The zero-order chi connectivity index (χ0) is 23.6. The Balaban J connectivity index is 1.83. The summed E-state index contributed by atoms with van der Waals surface area (Å²) in [6.07, 6.45) is -5.85. The highest BCUT2D eigenvalue weighted by atomic mass is 19.4. The van der Waals surface area contributed by atoms with Gasteiger partial charge in [0.15, 0.2) is 23.5 Å². The Morgan fingerprint density at radius 2 is 1.88 bits per heavy atom. The van der Waals surface area contributed by atoms with Crippen molar-refractivity contribution in [3.63, 3.8) is 0 Å². The van der Waals surface area contributed by atoms with Crippen LogP contribution >= 0.6 is 0 Å². The largest absolute Gasteiger partial charge is 0.478 e. The van der Waals surface area contributed by atoms with Gasteiger partial charge in [0, 0.05) is 17.1 Å². The quantitative estimate of drug-likeness (QED) is 0.153. The van der Waals surface area contributed by atoms with Gasteiger partial charge in [-0.3, -0.25) is 4.79 Å². The number of benzene rings is 2. The lowest BCUT2D eigenvalue weighted by Crippen LogP contribution is -2.32. The molecule has 1 unspecified atom stereocenters. The van der Waals surface area contributed by atoms with E-state index in [1.165, 1.54) is 6.07 Å². The minimum atomic E-state index is -4.67. The number of amidine groups is 1. The number of hydrogen-bond donors (Lipinski definition) is 4. The number of nitrogens with one attached hydrogen (secondary N) is 2. The number of hydrazine groups is 1. The van der Waals surface area contributed by atoms with E-state index in [1.807, 2.05) is 0 Å². The topological polar surface area (TPSA) is 128 Å². The lowest BCUT2D eigenvalue weighted by atomic mass is 10.1. The standard InChI is InChI=1S/C19H16F5N5O3/c1-8(19(22,23)24)32-15-3-2-9(4-14(15)21)27-18(30)12-7-31-16-6-11(17(28-25)29-26)13(20)5-10(12)16/h2-8H,25-26H2,1H3,(H,27,30)(H,28,29). The van der Waals surface area contributed by atoms with Crippen LogP contribution in [0.3, 0.4) is 0 Å². The summed E-state index contributed by atoms with van der Waals surface area (Å²) < 4.78 is 76.1. The number of hydrazone groups is 1. The molecule has 6 N–H and O–H groups in total. The number of furan rings is 1. The molecule has 2 aromatic carbocycles. The minimum absolute atomic E-state index is 0.0733.